The van der Waals surface area contributed by atoms with Crippen molar-refractivity contribution >= 4 is 0 Å². The first kappa shape index (κ1) is 11.2. The van der Waals surface area contributed by atoms with E-state index >= 15 is 0 Å². The SMILES string of the molecule is COc1c(F)ccc(C2CCCN2)c1OC. The van der Waals surface area contributed by atoms with E-state index in [9.17, 15) is 4.39 Å². The highest BCUT2D eigenvalue weighted by molar-refractivity contribution is 5.49. The van der Waals surface area contributed by atoms with E-state index in [2.05, 4.69) is 5.32 Å². The van der Waals surface area contributed by atoms with E-state index in [1.807, 2.05) is 0 Å². The van der Waals surface area contributed by atoms with Crippen molar-refractivity contribution in [1.29, 1.82) is 0 Å². The lowest BCUT2D eigenvalue weighted by molar-refractivity contribution is 0.331. The van der Waals surface area contributed by atoms with E-state index in [-0.39, 0.29) is 17.6 Å². The van der Waals surface area contributed by atoms with Crippen LogP contribution in [0, 0.1) is 5.82 Å². The summed E-state index contributed by atoms with van der Waals surface area (Å²) in [7, 11) is 2.99. The summed E-state index contributed by atoms with van der Waals surface area (Å²) in [5, 5.41) is 3.36. The Morgan fingerprint density at radius 2 is 2.00 bits per heavy atom. The number of hydrogen-bond donors (Lipinski definition) is 1. The van der Waals surface area contributed by atoms with Crippen LogP contribution in [-0.4, -0.2) is 20.8 Å². The van der Waals surface area contributed by atoms with Crippen molar-refractivity contribution in [2.24, 2.45) is 0 Å². The van der Waals surface area contributed by atoms with Crippen molar-refractivity contribution in [3.63, 3.8) is 0 Å². The molecule has 0 saturated carbocycles. The van der Waals surface area contributed by atoms with Gasteiger partial charge in [0, 0.05) is 11.6 Å². The number of nitrogens with one attached hydrogen (secondary N) is 1. The van der Waals surface area contributed by atoms with Gasteiger partial charge in [0.15, 0.2) is 17.3 Å². The molecule has 1 atom stereocenters. The molecular weight excluding hydrogens is 209 g/mol. The van der Waals surface area contributed by atoms with Gasteiger partial charge in [0.25, 0.3) is 0 Å². The molecule has 1 aliphatic rings. The molecule has 0 spiro atoms. The summed E-state index contributed by atoms with van der Waals surface area (Å²) >= 11 is 0. The van der Waals surface area contributed by atoms with Crippen LogP contribution in [0.5, 0.6) is 11.5 Å². The summed E-state index contributed by atoms with van der Waals surface area (Å²) in [4.78, 5) is 0. The maximum atomic E-state index is 13.5. The summed E-state index contributed by atoms with van der Waals surface area (Å²) in [6, 6.07) is 3.43. The fourth-order valence-corrected chi connectivity index (χ4v) is 2.18. The van der Waals surface area contributed by atoms with Crippen LogP contribution >= 0.6 is 0 Å². The molecule has 2 rings (SSSR count). The van der Waals surface area contributed by atoms with E-state index < -0.39 is 0 Å². The number of halogens is 1. The molecule has 1 heterocycles. The van der Waals surface area contributed by atoms with Crippen LogP contribution < -0.4 is 14.8 Å². The minimum atomic E-state index is -0.388. The zero-order valence-electron chi connectivity index (χ0n) is 9.55. The van der Waals surface area contributed by atoms with Crippen LogP contribution in [0.2, 0.25) is 0 Å². The number of rotatable bonds is 3. The maximum Gasteiger partial charge on any atom is 0.197 e. The summed E-state index contributed by atoms with van der Waals surface area (Å²) in [6.45, 7) is 0.994. The third-order valence-electron chi connectivity index (χ3n) is 2.94. The van der Waals surface area contributed by atoms with Gasteiger partial charge in [0.2, 0.25) is 0 Å². The van der Waals surface area contributed by atoms with Crippen LogP contribution in [-0.2, 0) is 0 Å². The largest absolute Gasteiger partial charge is 0.492 e. The lowest BCUT2D eigenvalue weighted by Crippen LogP contribution is -2.14. The molecule has 0 radical (unpaired) electrons. The molecule has 88 valence electrons. The first-order valence-electron chi connectivity index (χ1n) is 5.41. The third-order valence-corrected chi connectivity index (χ3v) is 2.94. The van der Waals surface area contributed by atoms with Crippen LogP contribution in [0.3, 0.4) is 0 Å². The second kappa shape index (κ2) is 4.70. The highest BCUT2D eigenvalue weighted by Crippen LogP contribution is 2.39. The molecule has 0 amide bonds. The Morgan fingerprint density at radius 1 is 1.25 bits per heavy atom. The molecule has 4 heteroatoms. The van der Waals surface area contributed by atoms with Gasteiger partial charge in [-0.25, -0.2) is 4.39 Å². The fourth-order valence-electron chi connectivity index (χ4n) is 2.18. The zero-order chi connectivity index (χ0) is 11.5. The molecule has 1 aromatic carbocycles. The van der Waals surface area contributed by atoms with Crippen molar-refractivity contribution in [3.8, 4) is 11.5 Å². The highest BCUT2D eigenvalue weighted by Gasteiger charge is 2.23. The molecule has 1 unspecified atom stereocenters. The first-order valence-corrected chi connectivity index (χ1v) is 5.41. The van der Waals surface area contributed by atoms with E-state index in [1.54, 1.807) is 6.07 Å². The second-order valence-electron chi connectivity index (χ2n) is 3.85. The van der Waals surface area contributed by atoms with Crippen molar-refractivity contribution < 1.29 is 13.9 Å². The minimum Gasteiger partial charge on any atom is -0.492 e. The smallest absolute Gasteiger partial charge is 0.197 e. The Kier molecular flexibility index (Phi) is 3.29. The molecule has 1 fully saturated rings. The van der Waals surface area contributed by atoms with Crippen LogP contribution in [0.4, 0.5) is 4.39 Å². The van der Waals surface area contributed by atoms with E-state index in [0.717, 1.165) is 24.9 Å². The standard InChI is InChI=1S/C12H16FNO2/c1-15-11-8(10-4-3-7-14-10)5-6-9(13)12(11)16-2/h5-6,10,14H,3-4,7H2,1-2H3. The van der Waals surface area contributed by atoms with Gasteiger partial charge < -0.3 is 14.8 Å². The fraction of sp³-hybridized carbons (Fsp3) is 0.500. The monoisotopic (exact) mass is 225 g/mol. The first-order chi connectivity index (χ1) is 7.77. The van der Waals surface area contributed by atoms with Gasteiger partial charge in [-0.1, -0.05) is 6.07 Å². The Bertz CT molecular complexity index is 376. The molecule has 0 bridgehead atoms. The quantitative estimate of drug-likeness (QED) is 0.856. The van der Waals surface area contributed by atoms with Crippen molar-refractivity contribution in [2.45, 2.75) is 18.9 Å². The highest BCUT2D eigenvalue weighted by atomic mass is 19.1. The van der Waals surface area contributed by atoms with Crippen LogP contribution in [0.1, 0.15) is 24.4 Å². The molecule has 3 nitrogen and oxygen atoms in total. The van der Waals surface area contributed by atoms with Gasteiger partial charge in [0.05, 0.1) is 14.2 Å². The van der Waals surface area contributed by atoms with E-state index in [1.165, 1.54) is 20.3 Å². The molecule has 1 N–H and O–H groups in total. The van der Waals surface area contributed by atoms with Crippen molar-refractivity contribution in [3.05, 3.63) is 23.5 Å². The summed E-state index contributed by atoms with van der Waals surface area (Å²) < 4.78 is 23.8. The molecule has 1 aromatic rings. The number of methoxy groups -OCH3 is 2. The third kappa shape index (κ3) is 1.85. The average molecular weight is 225 g/mol. The summed E-state index contributed by atoms with van der Waals surface area (Å²) in [5.41, 5.74) is 0.971. The minimum absolute atomic E-state index is 0.189. The average Bonchev–Trinajstić information content (AvgIpc) is 2.81. The van der Waals surface area contributed by atoms with Gasteiger partial charge in [-0.3, -0.25) is 0 Å². The number of hydrogen-bond acceptors (Lipinski definition) is 3. The van der Waals surface area contributed by atoms with Gasteiger partial charge >= 0.3 is 0 Å². The lowest BCUT2D eigenvalue weighted by Gasteiger charge is -2.17. The molecule has 16 heavy (non-hydrogen) atoms. The van der Waals surface area contributed by atoms with Crippen molar-refractivity contribution in [1.82, 2.24) is 5.32 Å². The van der Waals surface area contributed by atoms with E-state index in [4.69, 9.17) is 9.47 Å². The van der Waals surface area contributed by atoms with E-state index in [0.29, 0.717) is 5.75 Å². The summed E-state index contributed by atoms with van der Waals surface area (Å²) in [6.07, 6.45) is 2.18. The Balaban J connectivity index is 2.43. The van der Waals surface area contributed by atoms with Gasteiger partial charge in [-0.2, -0.15) is 0 Å². The number of ether oxygens (including phenoxy) is 2. The molecule has 1 saturated heterocycles. The normalized spacial score (nSPS) is 19.8. The Labute approximate surface area is 94.6 Å². The van der Waals surface area contributed by atoms with Crippen molar-refractivity contribution in [2.75, 3.05) is 20.8 Å². The van der Waals surface area contributed by atoms with Gasteiger partial charge in [0.1, 0.15) is 0 Å². The van der Waals surface area contributed by atoms with Crippen LogP contribution in [0.15, 0.2) is 12.1 Å². The topological polar surface area (TPSA) is 30.5 Å². The molecule has 0 aromatic heterocycles. The predicted octanol–water partition coefficient (Wildman–Crippen LogP) is 2.27. The van der Waals surface area contributed by atoms with Gasteiger partial charge in [-0.05, 0) is 25.5 Å². The van der Waals surface area contributed by atoms with Gasteiger partial charge in [-0.15, -0.1) is 0 Å². The van der Waals surface area contributed by atoms with Crippen LogP contribution in [0.25, 0.3) is 0 Å². The Hall–Kier alpha value is -1.29. The molecule has 1 aliphatic heterocycles. The zero-order valence-corrected chi connectivity index (χ0v) is 9.55. The Morgan fingerprint density at radius 3 is 2.56 bits per heavy atom. The predicted molar refractivity (Wildman–Crippen MR) is 59.5 cm³/mol. The molecular formula is C12H16FNO2. The number of benzene rings is 1. The maximum absolute atomic E-state index is 13.5. The summed E-state index contributed by atoms with van der Waals surface area (Å²) in [5.74, 6) is 0.302. The molecule has 0 aliphatic carbocycles. The second-order valence-corrected chi connectivity index (χ2v) is 3.85. The lowest BCUT2D eigenvalue weighted by atomic mass is 10.0.